The van der Waals surface area contributed by atoms with Crippen LogP contribution in [-0.2, 0) is 15.1 Å². The highest BCUT2D eigenvalue weighted by Crippen LogP contribution is 2.48. The first kappa shape index (κ1) is 28.4. The van der Waals surface area contributed by atoms with Crippen LogP contribution in [0.3, 0.4) is 0 Å². The third kappa shape index (κ3) is 5.84. The van der Waals surface area contributed by atoms with Crippen molar-refractivity contribution in [3.05, 3.63) is 162 Å². The second-order valence-electron chi connectivity index (χ2n) is 11.8. The first-order valence-electron chi connectivity index (χ1n) is 14.4. The maximum absolute atomic E-state index is 13.3. The molecule has 2 bridgehead atoms. The van der Waals surface area contributed by atoms with Gasteiger partial charge in [0.1, 0.15) is 5.60 Å². The van der Waals surface area contributed by atoms with Gasteiger partial charge >= 0.3 is 0 Å². The summed E-state index contributed by atoms with van der Waals surface area (Å²) in [7, 11) is 0. The average molecular weight is 542 g/mol. The zero-order chi connectivity index (χ0) is 28.9. The Morgan fingerprint density at radius 3 is 1.80 bits per heavy atom. The minimum atomic E-state index is -0.777. The summed E-state index contributed by atoms with van der Waals surface area (Å²) in [5, 5.41) is 0. The molecule has 208 valence electrons. The molecule has 0 spiro atoms. The molecule has 0 N–H and O–H groups in total. The van der Waals surface area contributed by atoms with Gasteiger partial charge in [-0.15, -0.1) is 5.73 Å². The highest BCUT2D eigenvalue weighted by Gasteiger charge is 2.39. The van der Waals surface area contributed by atoms with Gasteiger partial charge in [0.15, 0.2) is 0 Å². The number of carbonyl (C=O) groups is 1. The number of carbonyl (C=O) groups excluding carboxylic acids is 1. The molecule has 5 rings (SSSR count). The van der Waals surface area contributed by atoms with Gasteiger partial charge in [-0.2, -0.15) is 0 Å². The first-order valence-corrected chi connectivity index (χ1v) is 14.4. The second-order valence-corrected chi connectivity index (χ2v) is 11.8. The van der Waals surface area contributed by atoms with Crippen molar-refractivity contribution in [1.29, 1.82) is 0 Å². The largest absolute Gasteiger partial charge is 0.357 e. The third-order valence-corrected chi connectivity index (χ3v) is 7.99. The predicted octanol–water partition coefficient (Wildman–Crippen LogP) is 8.23. The van der Waals surface area contributed by atoms with Gasteiger partial charge in [0.2, 0.25) is 5.91 Å². The van der Waals surface area contributed by atoms with Gasteiger partial charge in [0.05, 0.1) is 13.2 Å². The van der Waals surface area contributed by atoms with Gasteiger partial charge in [-0.3, -0.25) is 4.79 Å². The van der Waals surface area contributed by atoms with Crippen LogP contribution in [-0.4, -0.2) is 24.0 Å². The Morgan fingerprint density at radius 1 is 0.854 bits per heavy atom. The minimum Gasteiger partial charge on any atom is -0.357 e. The molecule has 0 aromatic heterocycles. The van der Waals surface area contributed by atoms with E-state index in [0.717, 1.165) is 23.1 Å². The monoisotopic (exact) mass is 541 g/mol. The Hall–Kier alpha value is -4.17. The summed E-state index contributed by atoms with van der Waals surface area (Å²) in [6, 6.07) is 31.4. The zero-order valence-electron chi connectivity index (χ0n) is 24.3. The van der Waals surface area contributed by atoms with Gasteiger partial charge in [0, 0.05) is 23.5 Å². The fourth-order valence-electron chi connectivity index (χ4n) is 6.01. The molecule has 0 heterocycles. The SMILES string of the molecule is C=C=CCN(/C=C1/C(=C/COC(c2ccccc2)(c2ccccc2)c2ccccc2)[C@@H]2C=C[C@H]1C2)C(=O)C(C)(C)C. The number of ether oxygens (including phenoxy) is 1. The van der Waals surface area contributed by atoms with Crippen molar-refractivity contribution in [2.24, 2.45) is 17.3 Å². The van der Waals surface area contributed by atoms with E-state index >= 15 is 0 Å². The number of nitrogens with zero attached hydrogens (tertiary/aromatic N) is 1. The molecular formula is C38H39NO2. The van der Waals surface area contributed by atoms with E-state index in [4.69, 9.17) is 4.74 Å². The Balaban J connectivity index is 1.54. The molecule has 1 amide bonds. The molecule has 0 aliphatic heterocycles. The Morgan fingerprint density at radius 2 is 1.34 bits per heavy atom. The molecule has 2 aliphatic carbocycles. The molecule has 3 aromatic carbocycles. The molecule has 0 radical (unpaired) electrons. The summed E-state index contributed by atoms with van der Waals surface area (Å²) >= 11 is 0. The van der Waals surface area contributed by atoms with E-state index in [1.54, 1.807) is 0 Å². The van der Waals surface area contributed by atoms with Crippen LogP contribution in [0.1, 0.15) is 43.9 Å². The number of hydrogen-bond donors (Lipinski definition) is 0. The summed E-state index contributed by atoms with van der Waals surface area (Å²) in [6.45, 7) is 10.4. The number of fused-ring (bicyclic) bond motifs is 2. The van der Waals surface area contributed by atoms with Gasteiger partial charge in [0.25, 0.3) is 0 Å². The topological polar surface area (TPSA) is 29.5 Å². The van der Waals surface area contributed by atoms with E-state index < -0.39 is 11.0 Å². The van der Waals surface area contributed by atoms with E-state index in [1.165, 1.54) is 11.1 Å². The molecule has 3 aromatic rings. The summed E-state index contributed by atoms with van der Waals surface area (Å²) in [5.74, 6) is 0.711. The van der Waals surface area contributed by atoms with Crippen LogP contribution in [0, 0.1) is 17.3 Å². The second kappa shape index (κ2) is 12.1. The highest BCUT2D eigenvalue weighted by molar-refractivity contribution is 5.83. The first-order chi connectivity index (χ1) is 19.8. The van der Waals surface area contributed by atoms with E-state index in [9.17, 15) is 4.79 Å². The molecule has 41 heavy (non-hydrogen) atoms. The smallest absolute Gasteiger partial charge is 0.232 e. The molecule has 2 atom stereocenters. The lowest BCUT2D eigenvalue weighted by Gasteiger charge is -2.35. The number of rotatable bonds is 9. The van der Waals surface area contributed by atoms with Gasteiger partial charge < -0.3 is 9.64 Å². The standard InChI is InChI=1S/C38H39NO2/c1-5-6-25-39(36(40)37(2,3)4)28-35-30-23-22-29(27-30)34(35)24-26-41-38(31-16-10-7-11-17-31,32-18-12-8-13-19-32)33-20-14-9-15-21-33/h6-24,28-30H,1,25-27H2,2-4H3/b34-24+,35-28+/t29-,30+/m1/s1. The quantitative estimate of drug-likeness (QED) is 0.155. The fraction of sp³-hybridized carbons (Fsp3) is 0.263. The fourth-order valence-corrected chi connectivity index (χ4v) is 6.01. The summed E-state index contributed by atoms with van der Waals surface area (Å²) in [6.07, 6.45) is 11.7. The normalized spacial score (nSPS) is 19.9. The van der Waals surface area contributed by atoms with Crippen LogP contribution in [0.4, 0.5) is 0 Å². The summed E-state index contributed by atoms with van der Waals surface area (Å²) < 4.78 is 7.04. The van der Waals surface area contributed by atoms with E-state index in [2.05, 4.69) is 110 Å². The van der Waals surface area contributed by atoms with Crippen LogP contribution in [0.2, 0.25) is 0 Å². The molecule has 2 aliphatic rings. The average Bonchev–Trinajstić information content (AvgIpc) is 3.60. The van der Waals surface area contributed by atoms with Crippen molar-refractivity contribution >= 4 is 5.91 Å². The minimum absolute atomic E-state index is 0.0788. The Bertz CT molecular complexity index is 1390. The van der Waals surface area contributed by atoms with Crippen molar-refractivity contribution in [1.82, 2.24) is 4.90 Å². The number of allylic oxidation sites excluding steroid dienone is 4. The van der Waals surface area contributed by atoms with Crippen molar-refractivity contribution in [2.75, 3.05) is 13.2 Å². The van der Waals surface area contributed by atoms with E-state index in [0.29, 0.717) is 25.0 Å². The van der Waals surface area contributed by atoms with Crippen molar-refractivity contribution in [3.8, 4) is 0 Å². The molecule has 3 heteroatoms. The van der Waals surface area contributed by atoms with E-state index in [-0.39, 0.29) is 5.91 Å². The molecule has 1 fully saturated rings. The number of hydrogen-bond acceptors (Lipinski definition) is 2. The van der Waals surface area contributed by atoms with Gasteiger partial charge in [-0.05, 0) is 40.3 Å². The molecule has 0 unspecified atom stereocenters. The highest BCUT2D eigenvalue weighted by atomic mass is 16.5. The van der Waals surface area contributed by atoms with Gasteiger partial charge in [-0.25, -0.2) is 0 Å². The van der Waals surface area contributed by atoms with Crippen molar-refractivity contribution in [3.63, 3.8) is 0 Å². The summed E-state index contributed by atoms with van der Waals surface area (Å²) in [5.41, 5.74) is 7.24. The lowest BCUT2D eigenvalue weighted by atomic mass is 9.80. The lowest BCUT2D eigenvalue weighted by molar-refractivity contribution is -0.136. The van der Waals surface area contributed by atoms with Crippen LogP contribution in [0.15, 0.2) is 145 Å². The van der Waals surface area contributed by atoms with Gasteiger partial charge in [-0.1, -0.05) is 137 Å². The lowest BCUT2D eigenvalue weighted by Crippen LogP contribution is -2.36. The van der Waals surface area contributed by atoms with Crippen molar-refractivity contribution < 1.29 is 9.53 Å². The van der Waals surface area contributed by atoms with E-state index in [1.807, 2.05) is 49.9 Å². The summed E-state index contributed by atoms with van der Waals surface area (Å²) in [4.78, 5) is 15.2. The van der Waals surface area contributed by atoms with Crippen LogP contribution in [0.5, 0.6) is 0 Å². The maximum Gasteiger partial charge on any atom is 0.232 e. The van der Waals surface area contributed by atoms with Crippen LogP contribution in [0.25, 0.3) is 0 Å². The van der Waals surface area contributed by atoms with Crippen LogP contribution < -0.4 is 0 Å². The van der Waals surface area contributed by atoms with Crippen molar-refractivity contribution in [2.45, 2.75) is 32.8 Å². The number of amides is 1. The predicted molar refractivity (Wildman–Crippen MR) is 167 cm³/mol. The third-order valence-electron chi connectivity index (χ3n) is 7.99. The van der Waals surface area contributed by atoms with Crippen LogP contribution >= 0.6 is 0 Å². The molecule has 0 saturated heterocycles. The Kier molecular flexibility index (Phi) is 8.40. The zero-order valence-corrected chi connectivity index (χ0v) is 24.3. The maximum atomic E-state index is 13.3. The molecule has 3 nitrogen and oxygen atoms in total. The molecular weight excluding hydrogens is 502 g/mol. The Labute approximate surface area is 244 Å². The molecule has 1 saturated carbocycles. The number of benzene rings is 3.